The lowest BCUT2D eigenvalue weighted by Gasteiger charge is -2.38. The Morgan fingerprint density at radius 1 is 1.44 bits per heavy atom. The van der Waals surface area contributed by atoms with E-state index in [1.165, 1.54) is 6.42 Å². The number of piperidine rings is 1. The summed E-state index contributed by atoms with van der Waals surface area (Å²) in [6, 6.07) is -0.0456. The van der Waals surface area contributed by atoms with Gasteiger partial charge in [-0.05, 0) is 43.6 Å². The minimum Gasteiger partial charge on any atom is -0.381 e. The van der Waals surface area contributed by atoms with Crippen LogP contribution in [0.1, 0.15) is 39.5 Å². The van der Waals surface area contributed by atoms with Gasteiger partial charge in [0.05, 0.1) is 12.6 Å². The van der Waals surface area contributed by atoms with Crippen LogP contribution in [-0.4, -0.2) is 38.3 Å². The highest BCUT2D eigenvalue weighted by Gasteiger charge is 2.37. The number of carbonyl (C=O) groups excluding carboxylic acids is 1. The molecule has 0 aromatic carbocycles. The van der Waals surface area contributed by atoms with Gasteiger partial charge in [-0.1, -0.05) is 13.8 Å². The third-order valence-electron chi connectivity index (χ3n) is 4.21. The van der Waals surface area contributed by atoms with Gasteiger partial charge in [0.1, 0.15) is 0 Å². The van der Waals surface area contributed by atoms with Gasteiger partial charge in [0.15, 0.2) is 0 Å². The van der Waals surface area contributed by atoms with Crippen molar-refractivity contribution < 1.29 is 9.53 Å². The van der Waals surface area contributed by atoms with Crippen LogP contribution in [0.5, 0.6) is 0 Å². The van der Waals surface area contributed by atoms with Crippen molar-refractivity contribution in [2.45, 2.75) is 45.6 Å². The van der Waals surface area contributed by atoms with E-state index < -0.39 is 0 Å². The number of nitrogens with one attached hydrogen (secondary N) is 2. The van der Waals surface area contributed by atoms with Crippen molar-refractivity contribution in [1.82, 2.24) is 10.6 Å². The molecule has 2 fully saturated rings. The first kappa shape index (κ1) is 13.8. The normalized spacial score (nSPS) is 31.9. The summed E-state index contributed by atoms with van der Waals surface area (Å²) in [6.45, 7) is 7.73. The number of amides is 1. The Balaban J connectivity index is 1.79. The molecular formula is C14H26N2O2. The molecular weight excluding hydrogens is 228 g/mol. The topological polar surface area (TPSA) is 50.4 Å². The summed E-state index contributed by atoms with van der Waals surface area (Å²) < 4.78 is 5.43. The molecule has 0 spiro atoms. The summed E-state index contributed by atoms with van der Waals surface area (Å²) in [5, 5.41) is 6.45. The highest BCUT2D eigenvalue weighted by molar-refractivity contribution is 5.82. The number of hydrogen-bond donors (Lipinski definition) is 2. The number of ether oxygens (including phenoxy) is 1. The van der Waals surface area contributed by atoms with Gasteiger partial charge in [-0.25, -0.2) is 0 Å². The fraction of sp³-hybridized carbons (Fsp3) is 0.929. The van der Waals surface area contributed by atoms with E-state index in [4.69, 9.17) is 4.74 Å². The highest BCUT2D eigenvalue weighted by atomic mass is 16.5. The first-order chi connectivity index (χ1) is 8.59. The van der Waals surface area contributed by atoms with Gasteiger partial charge in [0, 0.05) is 13.2 Å². The van der Waals surface area contributed by atoms with Crippen molar-refractivity contribution in [3.05, 3.63) is 0 Å². The lowest BCUT2D eigenvalue weighted by Crippen LogP contribution is -2.56. The van der Waals surface area contributed by atoms with Crippen molar-refractivity contribution in [2.75, 3.05) is 26.3 Å². The highest BCUT2D eigenvalue weighted by Crippen LogP contribution is 2.30. The summed E-state index contributed by atoms with van der Waals surface area (Å²) in [4.78, 5) is 12.2. The molecule has 2 rings (SSSR count). The number of rotatable bonds is 3. The van der Waals surface area contributed by atoms with Crippen LogP contribution in [0.2, 0.25) is 0 Å². The summed E-state index contributed by atoms with van der Waals surface area (Å²) in [7, 11) is 0. The molecule has 0 radical (unpaired) electrons. The molecule has 2 aliphatic rings. The smallest absolute Gasteiger partial charge is 0.237 e. The molecule has 0 bridgehead atoms. The van der Waals surface area contributed by atoms with Gasteiger partial charge in [-0.2, -0.15) is 0 Å². The fourth-order valence-electron chi connectivity index (χ4n) is 2.97. The summed E-state index contributed by atoms with van der Waals surface area (Å²) in [5.41, 5.74) is 0.0609. The number of carbonyl (C=O) groups is 1. The predicted octanol–water partition coefficient (Wildman–Crippen LogP) is 1.31. The van der Waals surface area contributed by atoms with Crippen LogP contribution < -0.4 is 10.6 Å². The van der Waals surface area contributed by atoms with E-state index in [-0.39, 0.29) is 17.4 Å². The van der Waals surface area contributed by atoms with Crippen molar-refractivity contribution in [2.24, 2.45) is 11.3 Å². The molecule has 104 valence electrons. The van der Waals surface area contributed by atoms with E-state index in [1.807, 2.05) is 0 Å². The van der Waals surface area contributed by atoms with Crippen LogP contribution in [-0.2, 0) is 9.53 Å². The first-order valence-electron chi connectivity index (χ1n) is 7.18. The molecule has 2 N–H and O–H groups in total. The second-order valence-electron chi connectivity index (χ2n) is 6.31. The Morgan fingerprint density at radius 2 is 2.28 bits per heavy atom. The summed E-state index contributed by atoms with van der Waals surface area (Å²) in [6.07, 6.45) is 4.56. The van der Waals surface area contributed by atoms with Crippen molar-refractivity contribution in [1.29, 1.82) is 0 Å². The van der Waals surface area contributed by atoms with E-state index in [2.05, 4.69) is 24.5 Å². The van der Waals surface area contributed by atoms with E-state index in [0.29, 0.717) is 5.92 Å². The van der Waals surface area contributed by atoms with Crippen LogP contribution in [0.4, 0.5) is 0 Å². The minimum atomic E-state index is -0.0456. The zero-order valence-electron chi connectivity index (χ0n) is 11.6. The Hall–Kier alpha value is -0.610. The third-order valence-corrected chi connectivity index (χ3v) is 4.21. The molecule has 18 heavy (non-hydrogen) atoms. The Kier molecular flexibility index (Phi) is 4.62. The Bertz CT molecular complexity index is 286. The molecule has 2 unspecified atom stereocenters. The maximum Gasteiger partial charge on any atom is 0.237 e. The molecule has 4 heteroatoms. The molecule has 1 amide bonds. The monoisotopic (exact) mass is 254 g/mol. The van der Waals surface area contributed by atoms with Crippen molar-refractivity contribution >= 4 is 5.91 Å². The minimum absolute atomic E-state index is 0.0456. The fourth-order valence-corrected chi connectivity index (χ4v) is 2.97. The molecule has 0 saturated carbocycles. The number of hydrogen-bond acceptors (Lipinski definition) is 3. The zero-order chi connectivity index (χ0) is 13.0. The Labute approximate surface area is 110 Å². The van der Waals surface area contributed by atoms with Crippen LogP contribution in [0.15, 0.2) is 0 Å². The quantitative estimate of drug-likeness (QED) is 0.798. The van der Waals surface area contributed by atoms with Gasteiger partial charge in [-0.3, -0.25) is 4.79 Å². The van der Waals surface area contributed by atoms with Gasteiger partial charge < -0.3 is 15.4 Å². The Morgan fingerprint density at radius 3 is 2.94 bits per heavy atom. The molecule has 0 aromatic heterocycles. The third kappa shape index (κ3) is 3.45. The van der Waals surface area contributed by atoms with Crippen LogP contribution >= 0.6 is 0 Å². The van der Waals surface area contributed by atoms with E-state index >= 15 is 0 Å². The largest absolute Gasteiger partial charge is 0.381 e. The van der Waals surface area contributed by atoms with Gasteiger partial charge in [0.2, 0.25) is 5.91 Å². The summed E-state index contributed by atoms with van der Waals surface area (Å²) >= 11 is 0. The van der Waals surface area contributed by atoms with Crippen LogP contribution in [0.3, 0.4) is 0 Å². The molecule has 2 saturated heterocycles. The summed E-state index contributed by atoms with van der Waals surface area (Å²) in [5.74, 6) is 0.652. The molecule has 4 nitrogen and oxygen atoms in total. The zero-order valence-corrected chi connectivity index (χ0v) is 11.6. The predicted molar refractivity (Wildman–Crippen MR) is 71.4 cm³/mol. The first-order valence-corrected chi connectivity index (χ1v) is 7.18. The SMILES string of the molecule is CC1(C)CCCNC1C(=O)NCC1CCCOC1. The lowest BCUT2D eigenvalue weighted by atomic mass is 9.77. The van der Waals surface area contributed by atoms with E-state index in [0.717, 1.165) is 45.6 Å². The van der Waals surface area contributed by atoms with Crippen LogP contribution in [0.25, 0.3) is 0 Å². The van der Waals surface area contributed by atoms with Gasteiger partial charge in [-0.15, -0.1) is 0 Å². The lowest BCUT2D eigenvalue weighted by molar-refractivity contribution is -0.127. The maximum atomic E-state index is 12.2. The van der Waals surface area contributed by atoms with Crippen molar-refractivity contribution in [3.8, 4) is 0 Å². The molecule has 2 atom stereocenters. The average molecular weight is 254 g/mol. The second-order valence-corrected chi connectivity index (χ2v) is 6.31. The standard InChI is InChI=1S/C14H26N2O2/c1-14(2)6-4-7-15-12(14)13(17)16-9-11-5-3-8-18-10-11/h11-12,15H,3-10H2,1-2H3,(H,16,17). The van der Waals surface area contributed by atoms with E-state index in [9.17, 15) is 4.79 Å². The molecule has 2 heterocycles. The van der Waals surface area contributed by atoms with E-state index in [1.54, 1.807) is 0 Å². The van der Waals surface area contributed by atoms with Crippen LogP contribution in [0, 0.1) is 11.3 Å². The molecule has 2 aliphatic heterocycles. The van der Waals surface area contributed by atoms with Gasteiger partial charge in [0.25, 0.3) is 0 Å². The van der Waals surface area contributed by atoms with Crippen molar-refractivity contribution in [3.63, 3.8) is 0 Å². The molecule has 0 aliphatic carbocycles. The molecule has 0 aromatic rings. The van der Waals surface area contributed by atoms with Gasteiger partial charge >= 0.3 is 0 Å². The maximum absolute atomic E-state index is 12.2. The average Bonchev–Trinajstić information content (AvgIpc) is 2.37. The second kappa shape index (κ2) is 6.02.